The van der Waals surface area contributed by atoms with E-state index >= 15 is 0 Å². The third-order valence-electron chi connectivity index (χ3n) is 4.07. The quantitative estimate of drug-likeness (QED) is 0.840. The molecular weight excluding hydrogens is 340 g/mol. The highest BCUT2D eigenvalue weighted by atomic mass is 32.1. The summed E-state index contributed by atoms with van der Waals surface area (Å²) in [5.41, 5.74) is 1.92. The van der Waals surface area contributed by atoms with E-state index in [0.29, 0.717) is 25.9 Å². The number of piperidine rings is 1. The van der Waals surface area contributed by atoms with E-state index in [2.05, 4.69) is 15.3 Å². The molecular formula is C17H20N4O3S. The fourth-order valence-electron chi connectivity index (χ4n) is 2.83. The lowest BCUT2D eigenvalue weighted by Crippen LogP contribution is -2.54. The lowest BCUT2D eigenvalue weighted by molar-refractivity contribution is -0.134. The van der Waals surface area contributed by atoms with E-state index in [0.717, 1.165) is 11.3 Å². The molecule has 132 valence electrons. The molecule has 2 aromatic rings. The first-order chi connectivity index (χ1) is 12.0. The first-order valence-electron chi connectivity index (χ1n) is 8.07. The molecule has 7 nitrogen and oxygen atoms in total. The van der Waals surface area contributed by atoms with Gasteiger partial charge in [-0.05, 0) is 35.7 Å². The Hall–Kier alpha value is -2.32. The molecule has 1 aliphatic heterocycles. The number of likely N-dealkylation sites (tertiary alicyclic amines) is 1. The summed E-state index contributed by atoms with van der Waals surface area (Å²) in [4.78, 5) is 34.4. The Morgan fingerprint density at radius 3 is 2.88 bits per heavy atom. The van der Waals surface area contributed by atoms with E-state index in [9.17, 15) is 14.7 Å². The zero-order chi connectivity index (χ0) is 17.8. The van der Waals surface area contributed by atoms with E-state index in [1.54, 1.807) is 23.2 Å². The molecule has 0 aliphatic carbocycles. The van der Waals surface area contributed by atoms with Crippen LogP contribution in [-0.2, 0) is 11.2 Å². The van der Waals surface area contributed by atoms with Crippen LogP contribution in [0.15, 0.2) is 29.2 Å². The average molecular weight is 360 g/mol. The second-order valence-corrected chi connectivity index (χ2v) is 6.99. The van der Waals surface area contributed by atoms with E-state index < -0.39 is 6.10 Å². The van der Waals surface area contributed by atoms with Crippen molar-refractivity contribution in [3.63, 3.8) is 0 Å². The minimum atomic E-state index is -0.658. The SMILES string of the molecule is Cc1cnc(C(=O)N[C@H]2C[C@@H](O)CN(C(=O)Cc3ccsc3)C2)cn1. The van der Waals surface area contributed by atoms with Gasteiger partial charge in [-0.1, -0.05) is 0 Å². The van der Waals surface area contributed by atoms with Crippen LogP contribution in [0.1, 0.15) is 28.2 Å². The number of β-amino-alcohol motifs (C(OH)–C–C–N with tert-alkyl or cyclic N) is 1. The van der Waals surface area contributed by atoms with Crippen LogP contribution in [0, 0.1) is 6.92 Å². The molecule has 0 saturated carbocycles. The number of aromatic nitrogens is 2. The van der Waals surface area contributed by atoms with Crippen LogP contribution in [-0.4, -0.2) is 57.0 Å². The van der Waals surface area contributed by atoms with Gasteiger partial charge in [0.15, 0.2) is 0 Å². The molecule has 2 amide bonds. The van der Waals surface area contributed by atoms with Crippen LogP contribution in [0.3, 0.4) is 0 Å². The minimum absolute atomic E-state index is 0.0495. The Balaban J connectivity index is 1.61. The molecule has 0 unspecified atom stereocenters. The van der Waals surface area contributed by atoms with Crippen LogP contribution in [0.2, 0.25) is 0 Å². The van der Waals surface area contributed by atoms with Crippen molar-refractivity contribution in [1.29, 1.82) is 0 Å². The van der Waals surface area contributed by atoms with Crippen LogP contribution >= 0.6 is 11.3 Å². The molecule has 0 aromatic carbocycles. The van der Waals surface area contributed by atoms with Gasteiger partial charge in [-0.3, -0.25) is 14.6 Å². The van der Waals surface area contributed by atoms with E-state index in [-0.39, 0.29) is 23.6 Å². The fraction of sp³-hybridized carbons (Fsp3) is 0.412. The Morgan fingerprint density at radius 1 is 1.36 bits per heavy atom. The third kappa shape index (κ3) is 4.61. The van der Waals surface area contributed by atoms with Crippen LogP contribution in [0.4, 0.5) is 0 Å². The van der Waals surface area contributed by atoms with Gasteiger partial charge >= 0.3 is 0 Å². The van der Waals surface area contributed by atoms with Crippen molar-refractivity contribution in [3.8, 4) is 0 Å². The number of hydrogen-bond acceptors (Lipinski definition) is 6. The first-order valence-corrected chi connectivity index (χ1v) is 9.02. The van der Waals surface area contributed by atoms with E-state index in [4.69, 9.17) is 0 Å². The lowest BCUT2D eigenvalue weighted by Gasteiger charge is -2.36. The zero-order valence-corrected chi connectivity index (χ0v) is 14.7. The van der Waals surface area contributed by atoms with E-state index in [1.807, 2.05) is 16.8 Å². The maximum atomic E-state index is 12.4. The molecule has 3 heterocycles. The van der Waals surface area contributed by atoms with Crippen molar-refractivity contribution in [1.82, 2.24) is 20.2 Å². The molecule has 0 spiro atoms. The summed E-state index contributed by atoms with van der Waals surface area (Å²) >= 11 is 1.55. The molecule has 1 fully saturated rings. The number of aliphatic hydroxyl groups is 1. The Morgan fingerprint density at radius 2 is 2.20 bits per heavy atom. The maximum Gasteiger partial charge on any atom is 0.271 e. The molecule has 1 saturated heterocycles. The molecule has 3 rings (SSSR count). The highest BCUT2D eigenvalue weighted by molar-refractivity contribution is 7.08. The second kappa shape index (κ2) is 7.71. The largest absolute Gasteiger partial charge is 0.391 e. The molecule has 8 heteroatoms. The first kappa shape index (κ1) is 17.5. The predicted octanol–water partition coefficient (Wildman–Crippen LogP) is 0.781. The van der Waals surface area contributed by atoms with Crippen LogP contribution in [0.25, 0.3) is 0 Å². The summed E-state index contributed by atoms with van der Waals surface area (Å²) in [5.74, 6) is -0.400. The monoisotopic (exact) mass is 360 g/mol. The van der Waals surface area contributed by atoms with Gasteiger partial charge in [0.1, 0.15) is 5.69 Å². The molecule has 2 N–H and O–H groups in total. The summed E-state index contributed by atoms with van der Waals surface area (Å²) in [7, 11) is 0. The smallest absolute Gasteiger partial charge is 0.271 e. The third-order valence-corrected chi connectivity index (χ3v) is 4.80. The van der Waals surface area contributed by atoms with Gasteiger partial charge in [-0.2, -0.15) is 11.3 Å². The van der Waals surface area contributed by atoms with Crippen molar-refractivity contribution in [3.05, 3.63) is 46.2 Å². The number of thiophene rings is 1. The second-order valence-electron chi connectivity index (χ2n) is 6.21. The van der Waals surface area contributed by atoms with Crippen molar-refractivity contribution in [2.24, 2.45) is 0 Å². The summed E-state index contributed by atoms with van der Waals surface area (Å²) in [6, 6.07) is 1.60. The summed E-state index contributed by atoms with van der Waals surface area (Å²) in [5, 5.41) is 16.8. The summed E-state index contributed by atoms with van der Waals surface area (Å²) < 4.78 is 0. The molecule has 25 heavy (non-hydrogen) atoms. The number of aliphatic hydroxyl groups excluding tert-OH is 1. The maximum absolute atomic E-state index is 12.4. The molecule has 0 bridgehead atoms. The number of aryl methyl sites for hydroxylation is 1. The van der Waals surface area contributed by atoms with Gasteiger partial charge in [-0.25, -0.2) is 4.98 Å². The van der Waals surface area contributed by atoms with Gasteiger partial charge < -0.3 is 15.3 Å². The van der Waals surface area contributed by atoms with Crippen LogP contribution in [0.5, 0.6) is 0 Å². The molecule has 0 radical (unpaired) electrons. The normalized spacial score (nSPS) is 20.3. The summed E-state index contributed by atoms with van der Waals surface area (Å²) in [6.45, 7) is 2.47. The molecule has 2 atom stereocenters. The number of nitrogens with one attached hydrogen (secondary N) is 1. The standard InChI is InChI=1S/C17H20N4O3S/c1-11-6-19-15(7-18-11)17(24)20-13-5-14(22)9-21(8-13)16(23)4-12-2-3-25-10-12/h2-3,6-7,10,13-14,22H,4-5,8-9H2,1H3,(H,20,24)/t13-,14+/m0/s1. The average Bonchev–Trinajstić information content (AvgIpc) is 3.07. The number of amides is 2. The number of hydrogen-bond donors (Lipinski definition) is 2. The van der Waals surface area contributed by atoms with E-state index in [1.165, 1.54) is 12.4 Å². The highest BCUT2D eigenvalue weighted by Gasteiger charge is 2.30. The van der Waals surface area contributed by atoms with Gasteiger partial charge in [0.05, 0.1) is 24.4 Å². The van der Waals surface area contributed by atoms with Crippen molar-refractivity contribution in [2.75, 3.05) is 13.1 Å². The molecule has 2 aromatic heterocycles. The minimum Gasteiger partial charge on any atom is -0.391 e. The number of nitrogens with zero attached hydrogens (tertiary/aromatic N) is 3. The number of rotatable bonds is 4. The molecule has 1 aliphatic rings. The van der Waals surface area contributed by atoms with Gasteiger partial charge in [-0.15, -0.1) is 0 Å². The van der Waals surface area contributed by atoms with Gasteiger partial charge in [0, 0.05) is 25.3 Å². The topological polar surface area (TPSA) is 95.4 Å². The van der Waals surface area contributed by atoms with Crippen LogP contribution < -0.4 is 5.32 Å². The number of carbonyl (C=O) groups excluding carboxylic acids is 2. The fourth-order valence-corrected chi connectivity index (χ4v) is 3.50. The Kier molecular flexibility index (Phi) is 5.40. The Labute approximate surface area is 149 Å². The Bertz CT molecular complexity index is 733. The highest BCUT2D eigenvalue weighted by Crippen LogP contribution is 2.15. The lowest BCUT2D eigenvalue weighted by atomic mass is 10.0. The predicted molar refractivity (Wildman–Crippen MR) is 93.3 cm³/mol. The zero-order valence-electron chi connectivity index (χ0n) is 13.9. The van der Waals surface area contributed by atoms with Crippen molar-refractivity contribution in [2.45, 2.75) is 31.9 Å². The number of carbonyl (C=O) groups is 2. The van der Waals surface area contributed by atoms with Gasteiger partial charge in [0.25, 0.3) is 5.91 Å². The van der Waals surface area contributed by atoms with Gasteiger partial charge in [0.2, 0.25) is 5.91 Å². The summed E-state index contributed by atoms with van der Waals surface area (Å²) in [6.07, 6.45) is 3.01. The van der Waals surface area contributed by atoms with Crippen molar-refractivity contribution < 1.29 is 14.7 Å². The van der Waals surface area contributed by atoms with Crippen molar-refractivity contribution >= 4 is 23.2 Å².